The van der Waals surface area contributed by atoms with Crippen molar-refractivity contribution in [3.05, 3.63) is 29.8 Å². The van der Waals surface area contributed by atoms with Crippen LogP contribution in [0.15, 0.2) is 24.3 Å². The van der Waals surface area contributed by atoms with Crippen LogP contribution in [0.1, 0.15) is 19.4 Å². The van der Waals surface area contributed by atoms with Gasteiger partial charge in [0.2, 0.25) is 0 Å². The first kappa shape index (κ1) is 9.40. The maximum atomic E-state index is 6.13. The summed E-state index contributed by atoms with van der Waals surface area (Å²) in [5, 5.41) is 0. The molecule has 0 amide bonds. The summed E-state index contributed by atoms with van der Waals surface area (Å²) in [7, 11) is 1.65. The van der Waals surface area contributed by atoms with E-state index in [1.54, 1.807) is 7.11 Å². The smallest absolute Gasteiger partial charge is 0.119 e. The van der Waals surface area contributed by atoms with Crippen LogP contribution in [0.4, 0.5) is 0 Å². The molecule has 0 N–H and O–H groups in total. The zero-order valence-corrected chi connectivity index (χ0v) is 8.35. The molecular weight excluding hydrogens is 172 g/mol. The van der Waals surface area contributed by atoms with E-state index in [1.165, 1.54) is 0 Å². The van der Waals surface area contributed by atoms with Crippen molar-refractivity contribution >= 4 is 11.6 Å². The van der Waals surface area contributed by atoms with Crippen LogP contribution in [-0.4, -0.2) is 7.11 Å². The molecule has 0 saturated carbocycles. The van der Waals surface area contributed by atoms with E-state index >= 15 is 0 Å². The molecule has 1 aromatic rings. The van der Waals surface area contributed by atoms with Gasteiger partial charge in [0.05, 0.1) is 12.0 Å². The van der Waals surface area contributed by atoms with Gasteiger partial charge in [-0.25, -0.2) is 0 Å². The molecule has 0 aliphatic heterocycles. The molecule has 1 rings (SSSR count). The van der Waals surface area contributed by atoms with Gasteiger partial charge in [-0.15, -0.1) is 11.6 Å². The molecule has 0 atom stereocenters. The molecule has 66 valence electrons. The summed E-state index contributed by atoms with van der Waals surface area (Å²) >= 11 is 6.13. The average molecular weight is 185 g/mol. The van der Waals surface area contributed by atoms with Gasteiger partial charge in [0.25, 0.3) is 0 Å². The SMILES string of the molecule is COc1cccc(C(C)(C)Cl)c1. The second kappa shape index (κ2) is 3.36. The van der Waals surface area contributed by atoms with E-state index in [0.717, 1.165) is 11.3 Å². The first-order valence-electron chi connectivity index (χ1n) is 3.87. The summed E-state index contributed by atoms with van der Waals surface area (Å²) in [6.07, 6.45) is 0. The lowest BCUT2D eigenvalue weighted by atomic mass is 10.0. The van der Waals surface area contributed by atoms with Crippen LogP contribution in [0.5, 0.6) is 5.75 Å². The van der Waals surface area contributed by atoms with Crippen LogP contribution in [0.25, 0.3) is 0 Å². The largest absolute Gasteiger partial charge is 0.497 e. The lowest BCUT2D eigenvalue weighted by Crippen LogP contribution is -2.06. The summed E-state index contributed by atoms with van der Waals surface area (Å²) in [6.45, 7) is 3.92. The van der Waals surface area contributed by atoms with Crippen LogP contribution in [-0.2, 0) is 4.87 Å². The van der Waals surface area contributed by atoms with Crippen molar-refractivity contribution in [1.29, 1.82) is 0 Å². The standard InChI is InChI=1S/C10H13ClO/c1-10(2,11)8-5-4-6-9(7-8)12-3/h4-7H,1-3H3. The van der Waals surface area contributed by atoms with Crippen LogP contribution in [0.2, 0.25) is 0 Å². The highest BCUT2D eigenvalue weighted by Crippen LogP contribution is 2.29. The predicted molar refractivity (Wildman–Crippen MR) is 51.9 cm³/mol. The van der Waals surface area contributed by atoms with Crippen LogP contribution >= 0.6 is 11.6 Å². The molecule has 0 bridgehead atoms. The molecule has 0 aliphatic carbocycles. The number of halogens is 1. The summed E-state index contributed by atoms with van der Waals surface area (Å²) in [4.78, 5) is -0.325. The number of methoxy groups -OCH3 is 1. The highest BCUT2D eigenvalue weighted by molar-refractivity contribution is 6.23. The first-order valence-corrected chi connectivity index (χ1v) is 4.25. The number of hydrogen-bond acceptors (Lipinski definition) is 1. The lowest BCUT2D eigenvalue weighted by Gasteiger charge is -2.16. The highest BCUT2D eigenvalue weighted by atomic mass is 35.5. The third-order valence-corrected chi connectivity index (χ3v) is 1.97. The van der Waals surface area contributed by atoms with E-state index in [4.69, 9.17) is 16.3 Å². The van der Waals surface area contributed by atoms with Crippen molar-refractivity contribution in [2.45, 2.75) is 18.7 Å². The Hall–Kier alpha value is -0.690. The van der Waals surface area contributed by atoms with Gasteiger partial charge in [-0.05, 0) is 31.5 Å². The molecule has 0 saturated heterocycles. The maximum absolute atomic E-state index is 6.13. The Morgan fingerprint density at radius 1 is 1.33 bits per heavy atom. The molecule has 0 aliphatic rings. The molecular formula is C10H13ClO. The van der Waals surface area contributed by atoms with Crippen molar-refractivity contribution in [1.82, 2.24) is 0 Å². The minimum Gasteiger partial charge on any atom is -0.497 e. The minimum atomic E-state index is -0.325. The van der Waals surface area contributed by atoms with Crippen molar-refractivity contribution < 1.29 is 4.74 Å². The Morgan fingerprint density at radius 3 is 2.50 bits per heavy atom. The van der Waals surface area contributed by atoms with Crippen LogP contribution in [0, 0.1) is 0 Å². The van der Waals surface area contributed by atoms with Gasteiger partial charge in [0.15, 0.2) is 0 Å². The van der Waals surface area contributed by atoms with Gasteiger partial charge in [0.1, 0.15) is 5.75 Å². The third-order valence-electron chi connectivity index (χ3n) is 1.76. The average Bonchev–Trinajstić information content (AvgIpc) is 2.03. The Balaban J connectivity index is 3.02. The number of ether oxygens (including phenoxy) is 1. The van der Waals surface area contributed by atoms with E-state index in [0.29, 0.717) is 0 Å². The van der Waals surface area contributed by atoms with Gasteiger partial charge < -0.3 is 4.74 Å². The van der Waals surface area contributed by atoms with Gasteiger partial charge in [-0.2, -0.15) is 0 Å². The highest BCUT2D eigenvalue weighted by Gasteiger charge is 2.16. The molecule has 12 heavy (non-hydrogen) atoms. The van der Waals surface area contributed by atoms with Gasteiger partial charge in [-0.1, -0.05) is 12.1 Å². The van der Waals surface area contributed by atoms with Gasteiger partial charge in [-0.3, -0.25) is 0 Å². The molecule has 0 heterocycles. The number of hydrogen-bond donors (Lipinski definition) is 0. The normalized spacial score (nSPS) is 11.3. The predicted octanol–water partition coefficient (Wildman–Crippen LogP) is 3.17. The van der Waals surface area contributed by atoms with Crippen molar-refractivity contribution in [3.8, 4) is 5.75 Å². The number of alkyl halides is 1. The Morgan fingerprint density at radius 2 is 2.00 bits per heavy atom. The Kier molecular flexibility index (Phi) is 2.63. The van der Waals surface area contributed by atoms with Crippen LogP contribution < -0.4 is 4.74 Å². The molecule has 0 fully saturated rings. The quantitative estimate of drug-likeness (QED) is 0.642. The molecule has 0 unspecified atom stereocenters. The van der Waals surface area contributed by atoms with E-state index in [1.807, 2.05) is 38.1 Å². The lowest BCUT2D eigenvalue weighted by molar-refractivity contribution is 0.413. The summed E-state index contributed by atoms with van der Waals surface area (Å²) in [6, 6.07) is 7.80. The zero-order valence-electron chi connectivity index (χ0n) is 7.60. The molecule has 0 radical (unpaired) electrons. The van der Waals surface area contributed by atoms with Crippen molar-refractivity contribution in [2.75, 3.05) is 7.11 Å². The van der Waals surface area contributed by atoms with E-state index in [-0.39, 0.29) is 4.87 Å². The summed E-state index contributed by atoms with van der Waals surface area (Å²) < 4.78 is 5.09. The molecule has 0 aromatic heterocycles. The number of rotatable bonds is 2. The fraction of sp³-hybridized carbons (Fsp3) is 0.400. The topological polar surface area (TPSA) is 9.23 Å². The number of benzene rings is 1. The summed E-state index contributed by atoms with van der Waals surface area (Å²) in [5.74, 6) is 0.848. The van der Waals surface area contributed by atoms with Gasteiger partial charge in [0, 0.05) is 0 Å². The van der Waals surface area contributed by atoms with Crippen molar-refractivity contribution in [3.63, 3.8) is 0 Å². The van der Waals surface area contributed by atoms with Crippen molar-refractivity contribution in [2.24, 2.45) is 0 Å². The second-order valence-corrected chi connectivity index (χ2v) is 4.15. The minimum absolute atomic E-state index is 0.325. The Labute approximate surface area is 78.3 Å². The molecule has 1 nitrogen and oxygen atoms in total. The second-order valence-electron chi connectivity index (χ2n) is 3.20. The Bertz CT molecular complexity index is 263. The fourth-order valence-electron chi connectivity index (χ4n) is 0.993. The summed E-state index contributed by atoms with van der Waals surface area (Å²) in [5.41, 5.74) is 1.07. The fourth-order valence-corrected chi connectivity index (χ4v) is 1.11. The first-order chi connectivity index (χ1) is 5.54. The van der Waals surface area contributed by atoms with E-state index < -0.39 is 0 Å². The monoisotopic (exact) mass is 184 g/mol. The molecule has 0 spiro atoms. The van der Waals surface area contributed by atoms with E-state index in [2.05, 4.69) is 0 Å². The van der Waals surface area contributed by atoms with Gasteiger partial charge >= 0.3 is 0 Å². The molecule has 1 aromatic carbocycles. The zero-order chi connectivity index (χ0) is 9.19. The molecule has 2 heteroatoms. The third kappa shape index (κ3) is 2.15. The van der Waals surface area contributed by atoms with E-state index in [9.17, 15) is 0 Å². The van der Waals surface area contributed by atoms with Crippen LogP contribution in [0.3, 0.4) is 0 Å². The maximum Gasteiger partial charge on any atom is 0.119 e.